The molecule has 0 aromatic heterocycles. The van der Waals surface area contributed by atoms with Crippen LogP contribution in [0, 0.1) is 6.26 Å². The van der Waals surface area contributed by atoms with Crippen molar-refractivity contribution in [2.45, 2.75) is 4.90 Å². The third-order valence-corrected chi connectivity index (χ3v) is 2.94. The maximum atomic E-state index is 5.90. The summed E-state index contributed by atoms with van der Waals surface area (Å²) in [6.45, 7) is 0. The Bertz CT molecular complexity index is 220. The monoisotopic (exact) mass is 173 g/mol. The first-order chi connectivity index (χ1) is 4.72. The van der Waals surface area contributed by atoms with Crippen molar-refractivity contribution >= 4 is 22.5 Å². The van der Waals surface area contributed by atoms with Crippen LogP contribution >= 0.6 is 22.5 Å². The highest BCUT2D eigenvalue weighted by Crippen LogP contribution is 2.35. The molecule has 1 aromatic carbocycles. The Labute approximate surface area is 69.6 Å². The number of hydrogen-bond donors (Lipinski definition) is 1. The van der Waals surface area contributed by atoms with Crippen LogP contribution in [0.1, 0.15) is 0 Å². The minimum atomic E-state index is -0.298. The molecule has 1 radical (unpaired) electrons. The lowest BCUT2D eigenvalue weighted by Gasteiger charge is -2.09. The highest BCUT2D eigenvalue weighted by atomic mass is 35.5. The van der Waals surface area contributed by atoms with Gasteiger partial charge in [-0.3, -0.25) is 0 Å². The van der Waals surface area contributed by atoms with Gasteiger partial charge in [-0.05, 0) is 24.6 Å². The second kappa shape index (κ2) is 3.31. The summed E-state index contributed by atoms with van der Waals surface area (Å²) >= 11 is 5.90. The van der Waals surface area contributed by atoms with Gasteiger partial charge in [0.2, 0.25) is 0 Å². The van der Waals surface area contributed by atoms with Crippen molar-refractivity contribution in [3.8, 4) is 0 Å². The minimum Gasteiger partial charge on any atom is -0.228 e. The van der Waals surface area contributed by atoms with Crippen molar-refractivity contribution in [3.05, 3.63) is 35.5 Å². The molecule has 0 fully saturated rings. The lowest BCUT2D eigenvalue weighted by Crippen LogP contribution is -1.75. The molecule has 1 unspecified atom stereocenters. The maximum Gasteiger partial charge on any atom is 0.0524 e. The molecule has 0 aliphatic carbocycles. The van der Waals surface area contributed by atoms with E-state index in [9.17, 15) is 0 Å². The van der Waals surface area contributed by atoms with Gasteiger partial charge < -0.3 is 0 Å². The maximum absolute atomic E-state index is 5.90. The van der Waals surface area contributed by atoms with E-state index in [0.717, 1.165) is 5.02 Å². The van der Waals surface area contributed by atoms with Crippen LogP contribution < -0.4 is 0 Å². The molecular weight excluding hydrogens is 164 g/mol. The van der Waals surface area contributed by atoms with Crippen LogP contribution in [0.25, 0.3) is 0 Å². The molecular formula is C8H10ClS. The van der Waals surface area contributed by atoms with E-state index < -0.39 is 0 Å². The molecule has 2 heteroatoms. The molecule has 0 heterocycles. The number of benzene rings is 1. The summed E-state index contributed by atoms with van der Waals surface area (Å²) in [5, 5.41) is 0.839. The second-order valence-corrected chi connectivity index (χ2v) is 4.43. The third-order valence-electron chi connectivity index (χ3n) is 1.26. The van der Waals surface area contributed by atoms with Gasteiger partial charge in [0.25, 0.3) is 0 Å². The molecule has 10 heavy (non-hydrogen) atoms. The predicted octanol–water partition coefficient (Wildman–Crippen LogP) is 3.12. The lowest BCUT2D eigenvalue weighted by atomic mass is 10.4. The Hall–Kier alpha value is -0.140. The van der Waals surface area contributed by atoms with Gasteiger partial charge in [0.15, 0.2) is 0 Å². The summed E-state index contributed by atoms with van der Waals surface area (Å²) in [4.78, 5) is 1.18. The number of rotatable bonds is 1. The van der Waals surface area contributed by atoms with Crippen LogP contribution in [-0.4, -0.2) is 6.26 Å². The molecule has 0 saturated carbocycles. The van der Waals surface area contributed by atoms with Crippen LogP contribution in [0.15, 0.2) is 29.2 Å². The summed E-state index contributed by atoms with van der Waals surface area (Å²) in [6, 6.07) is 7.86. The highest BCUT2D eigenvalue weighted by molar-refractivity contribution is 8.17. The molecule has 0 N–H and O–H groups in total. The van der Waals surface area contributed by atoms with Crippen molar-refractivity contribution in [1.29, 1.82) is 0 Å². The normalized spacial score (nSPS) is 11.3. The Morgan fingerprint density at radius 2 is 2.00 bits per heavy atom. The van der Waals surface area contributed by atoms with Gasteiger partial charge in [0.05, 0.1) is 5.02 Å². The van der Waals surface area contributed by atoms with Crippen molar-refractivity contribution in [2.24, 2.45) is 0 Å². The van der Waals surface area contributed by atoms with E-state index in [1.807, 2.05) is 24.3 Å². The van der Waals surface area contributed by atoms with Crippen LogP contribution in [-0.2, 0) is 0 Å². The van der Waals surface area contributed by atoms with Crippen LogP contribution in [0.5, 0.6) is 0 Å². The van der Waals surface area contributed by atoms with Gasteiger partial charge in [-0.25, -0.2) is 10.9 Å². The van der Waals surface area contributed by atoms with Gasteiger partial charge in [-0.15, -0.1) is 0 Å². The number of hydrogen-bond acceptors (Lipinski definition) is 0. The Morgan fingerprint density at radius 1 is 1.40 bits per heavy atom. The molecule has 0 nitrogen and oxygen atoms in total. The Kier molecular flexibility index (Phi) is 2.64. The number of thiol groups is 1. The molecule has 1 atom stereocenters. The molecule has 1 aromatic rings. The molecule has 55 valence electrons. The standard InChI is InChI=1S/C8H10ClS/c1-10(2)8-6-4-3-5-7(8)9/h3-6,10H,1H2,2H3. The predicted molar refractivity (Wildman–Crippen MR) is 50.0 cm³/mol. The molecule has 0 aliphatic heterocycles. The van der Waals surface area contributed by atoms with Crippen LogP contribution in [0.2, 0.25) is 5.02 Å². The Balaban J connectivity index is 3.03. The molecule has 0 spiro atoms. The fraction of sp³-hybridized carbons (Fsp3) is 0.125. The van der Waals surface area contributed by atoms with Crippen molar-refractivity contribution in [3.63, 3.8) is 0 Å². The zero-order valence-corrected chi connectivity index (χ0v) is 7.49. The van der Waals surface area contributed by atoms with E-state index in [1.165, 1.54) is 4.90 Å². The fourth-order valence-corrected chi connectivity index (χ4v) is 2.11. The van der Waals surface area contributed by atoms with Gasteiger partial charge in [0.1, 0.15) is 0 Å². The Morgan fingerprint density at radius 3 is 2.40 bits per heavy atom. The molecule has 0 saturated heterocycles. The van der Waals surface area contributed by atoms with E-state index in [2.05, 4.69) is 12.5 Å². The molecule has 0 amide bonds. The SMILES string of the molecule is [CH2][SH](C)c1ccccc1Cl. The second-order valence-electron chi connectivity index (χ2n) is 2.15. The number of halogens is 1. The van der Waals surface area contributed by atoms with Gasteiger partial charge in [-0.2, -0.15) is 0 Å². The highest BCUT2D eigenvalue weighted by Gasteiger charge is 1.98. The molecule has 0 aliphatic rings. The van der Waals surface area contributed by atoms with Gasteiger partial charge in [0, 0.05) is 4.90 Å². The van der Waals surface area contributed by atoms with Crippen LogP contribution in [0.4, 0.5) is 0 Å². The van der Waals surface area contributed by atoms with Crippen molar-refractivity contribution in [1.82, 2.24) is 0 Å². The van der Waals surface area contributed by atoms with Crippen molar-refractivity contribution in [2.75, 3.05) is 6.26 Å². The van der Waals surface area contributed by atoms with E-state index in [-0.39, 0.29) is 10.9 Å². The van der Waals surface area contributed by atoms with Crippen molar-refractivity contribution < 1.29 is 0 Å². The molecule has 1 rings (SSSR count). The van der Waals surface area contributed by atoms with E-state index >= 15 is 0 Å². The summed E-state index contributed by atoms with van der Waals surface area (Å²) in [6.07, 6.45) is 6.04. The summed E-state index contributed by atoms with van der Waals surface area (Å²) in [7, 11) is -0.298. The summed E-state index contributed by atoms with van der Waals surface area (Å²) < 4.78 is 0. The zero-order valence-electron chi connectivity index (χ0n) is 5.84. The largest absolute Gasteiger partial charge is 0.228 e. The first-order valence-electron chi connectivity index (χ1n) is 3.00. The average molecular weight is 174 g/mol. The van der Waals surface area contributed by atoms with Crippen LogP contribution in [0.3, 0.4) is 0 Å². The minimum absolute atomic E-state index is 0.298. The van der Waals surface area contributed by atoms with Gasteiger partial charge in [-0.1, -0.05) is 23.7 Å². The third kappa shape index (κ3) is 1.68. The summed E-state index contributed by atoms with van der Waals surface area (Å²) in [5.74, 6) is 0. The topological polar surface area (TPSA) is 0 Å². The van der Waals surface area contributed by atoms with E-state index in [0.29, 0.717) is 0 Å². The average Bonchev–Trinajstić information content (AvgIpc) is 1.88. The quantitative estimate of drug-likeness (QED) is 0.620. The first kappa shape index (κ1) is 7.96. The van der Waals surface area contributed by atoms with Gasteiger partial charge >= 0.3 is 0 Å². The summed E-state index contributed by atoms with van der Waals surface area (Å²) in [5.41, 5.74) is 0. The van der Waals surface area contributed by atoms with E-state index in [1.54, 1.807) is 0 Å². The first-order valence-corrected chi connectivity index (χ1v) is 5.36. The molecule has 0 bridgehead atoms. The van der Waals surface area contributed by atoms with E-state index in [4.69, 9.17) is 11.6 Å². The lowest BCUT2D eigenvalue weighted by molar-refractivity contribution is 1.46. The fourth-order valence-electron chi connectivity index (χ4n) is 0.761. The zero-order chi connectivity index (χ0) is 7.56. The smallest absolute Gasteiger partial charge is 0.0524 e.